The molecule has 2 N–H and O–H groups in total. The van der Waals surface area contributed by atoms with Crippen molar-refractivity contribution in [2.75, 3.05) is 33.7 Å². The van der Waals surface area contributed by atoms with Gasteiger partial charge in [-0.3, -0.25) is 0 Å². The van der Waals surface area contributed by atoms with Gasteiger partial charge in [0, 0.05) is 25.7 Å². The third-order valence-corrected chi connectivity index (χ3v) is 2.00. The summed E-state index contributed by atoms with van der Waals surface area (Å²) in [5.74, 6) is 0. The highest BCUT2D eigenvalue weighted by Crippen LogP contribution is 2.06. The lowest BCUT2D eigenvalue weighted by Crippen LogP contribution is -2.42. The van der Waals surface area contributed by atoms with Crippen molar-refractivity contribution in [3.05, 3.63) is 0 Å². The van der Waals surface area contributed by atoms with Gasteiger partial charge in [-0.2, -0.15) is 0 Å². The number of carbonyl (C=O) groups is 1. The van der Waals surface area contributed by atoms with Crippen LogP contribution in [0.2, 0.25) is 0 Å². The quantitative estimate of drug-likeness (QED) is 0.734. The minimum atomic E-state index is -0.439. The lowest BCUT2D eigenvalue weighted by Gasteiger charge is -2.21. The Labute approximate surface area is 105 Å². The van der Waals surface area contributed by atoms with E-state index >= 15 is 0 Å². The SMILES string of the molecule is CC(CNC(=O)OC(C)(C)C)NCCN(C)C. The van der Waals surface area contributed by atoms with Crippen LogP contribution in [0.5, 0.6) is 0 Å². The molecule has 1 atom stereocenters. The number of alkyl carbamates (subject to hydrolysis) is 1. The predicted molar refractivity (Wildman–Crippen MR) is 70.3 cm³/mol. The van der Waals surface area contributed by atoms with Gasteiger partial charge in [0.05, 0.1) is 0 Å². The van der Waals surface area contributed by atoms with Crippen LogP contribution in [0.1, 0.15) is 27.7 Å². The van der Waals surface area contributed by atoms with Crippen molar-refractivity contribution in [1.82, 2.24) is 15.5 Å². The van der Waals surface area contributed by atoms with Crippen molar-refractivity contribution in [2.45, 2.75) is 39.3 Å². The molecule has 0 aromatic heterocycles. The molecule has 1 unspecified atom stereocenters. The molecular formula is C12H27N3O2. The van der Waals surface area contributed by atoms with Gasteiger partial charge < -0.3 is 20.3 Å². The average Bonchev–Trinajstić information content (AvgIpc) is 2.11. The molecule has 0 bridgehead atoms. The standard InChI is InChI=1S/C12H27N3O2/c1-10(13-7-8-15(5)6)9-14-11(16)17-12(2,3)4/h10,13H,7-9H2,1-6H3,(H,14,16). The van der Waals surface area contributed by atoms with Crippen molar-refractivity contribution in [3.63, 3.8) is 0 Å². The molecule has 102 valence electrons. The van der Waals surface area contributed by atoms with Gasteiger partial charge in [-0.25, -0.2) is 4.79 Å². The molecule has 0 spiro atoms. The summed E-state index contributed by atoms with van der Waals surface area (Å²) in [6, 6.07) is 0.238. The van der Waals surface area contributed by atoms with Crippen molar-refractivity contribution in [2.24, 2.45) is 0 Å². The minimum Gasteiger partial charge on any atom is -0.444 e. The third kappa shape index (κ3) is 11.5. The number of hydrogen-bond acceptors (Lipinski definition) is 4. The Balaban J connectivity index is 3.62. The molecule has 1 amide bonds. The van der Waals surface area contributed by atoms with E-state index in [9.17, 15) is 4.79 Å². The van der Waals surface area contributed by atoms with Gasteiger partial charge in [0.1, 0.15) is 5.60 Å². The summed E-state index contributed by atoms with van der Waals surface area (Å²) in [4.78, 5) is 13.5. The Hall–Kier alpha value is -0.810. The van der Waals surface area contributed by atoms with E-state index < -0.39 is 5.60 Å². The molecule has 0 fully saturated rings. The highest BCUT2D eigenvalue weighted by atomic mass is 16.6. The molecule has 17 heavy (non-hydrogen) atoms. The Bertz CT molecular complexity index is 224. The van der Waals surface area contributed by atoms with Gasteiger partial charge in [0.2, 0.25) is 0 Å². The predicted octanol–water partition coefficient (Wildman–Crippen LogP) is 1.05. The first-order valence-electron chi connectivity index (χ1n) is 6.05. The van der Waals surface area contributed by atoms with Crippen LogP contribution in [-0.2, 0) is 4.74 Å². The number of nitrogens with one attached hydrogen (secondary N) is 2. The monoisotopic (exact) mass is 245 g/mol. The van der Waals surface area contributed by atoms with Crippen molar-refractivity contribution < 1.29 is 9.53 Å². The van der Waals surface area contributed by atoms with Gasteiger partial charge in [0.25, 0.3) is 0 Å². The number of ether oxygens (including phenoxy) is 1. The number of likely N-dealkylation sites (N-methyl/N-ethyl adjacent to an activating group) is 1. The smallest absolute Gasteiger partial charge is 0.407 e. The van der Waals surface area contributed by atoms with Crippen LogP contribution in [0, 0.1) is 0 Å². The normalized spacial score (nSPS) is 13.6. The summed E-state index contributed by atoms with van der Waals surface area (Å²) in [6.07, 6.45) is -0.362. The minimum absolute atomic E-state index is 0.238. The van der Waals surface area contributed by atoms with E-state index in [0.29, 0.717) is 6.54 Å². The fraction of sp³-hybridized carbons (Fsp3) is 0.917. The fourth-order valence-corrected chi connectivity index (χ4v) is 1.16. The first-order chi connectivity index (χ1) is 7.70. The number of carbonyl (C=O) groups excluding carboxylic acids is 1. The van der Waals surface area contributed by atoms with Crippen LogP contribution in [0.4, 0.5) is 4.79 Å². The maximum absolute atomic E-state index is 11.4. The third-order valence-electron chi connectivity index (χ3n) is 2.00. The highest BCUT2D eigenvalue weighted by Gasteiger charge is 2.16. The van der Waals surface area contributed by atoms with Crippen molar-refractivity contribution in [3.8, 4) is 0 Å². The Kier molecular flexibility index (Phi) is 7.15. The molecule has 0 heterocycles. The molecule has 0 aliphatic rings. The summed E-state index contributed by atoms with van der Waals surface area (Å²) >= 11 is 0. The lowest BCUT2D eigenvalue weighted by atomic mass is 10.2. The second-order valence-corrected chi connectivity index (χ2v) is 5.54. The zero-order chi connectivity index (χ0) is 13.5. The topological polar surface area (TPSA) is 53.6 Å². The molecule has 0 rings (SSSR count). The van der Waals surface area contributed by atoms with E-state index in [0.717, 1.165) is 13.1 Å². The number of amides is 1. The molecule has 0 aliphatic heterocycles. The largest absolute Gasteiger partial charge is 0.444 e. The van der Waals surface area contributed by atoms with E-state index in [1.165, 1.54) is 0 Å². The number of nitrogens with zero attached hydrogens (tertiary/aromatic N) is 1. The molecule has 0 aromatic carbocycles. The lowest BCUT2D eigenvalue weighted by molar-refractivity contribution is 0.0523. The molecule has 0 saturated heterocycles. The summed E-state index contributed by atoms with van der Waals surface area (Å²) in [7, 11) is 4.07. The van der Waals surface area contributed by atoms with Crippen LogP contribution in [0.15, 0.2) is 0 Å². The summed E-state index contributed by atoms with van der Waals surface area (Å²) < 4.78 is 5.14. The molecule has 0 aromatic rings. The number of rotatable bonds is 6. The second kappa shape index (κ2) is 7.50. The Morgan fingerprint density at radius 2 is 1.94 bits per heavy atom. The van der Waals surface area contributed by atoms with Gasteiger partial charge in [0.15, 0.2) is 0 Å². The van der Waals surface area contributed by atoms with Crippen LogP contribution in [0.25, 0.3) is 0 Å². The van der Waals surface area contributed by atoms with Gasteiger partial charge in [-0.15, -0.1) is 0 Å². The van der Waals surface area contributed by atoms with Crippen molar-refractivity contribution in [1.29, 1.82) is 0 Å². The van der Waals surface area contributed by atoms with Crippen LogP contribution < -0.4 is 10.6 Å². The molecular weight excluding hydrogens is 218 g/mol. The van der Waals surface area contributed by atoms with E-state index in [2.05, 4.69) is 15.5 Å². The Morgan fingerprint density at radius 3 is 2.41 bits per heavy atom. The van der Waals surface area contributed by atoms with E-state index in [1.54, 1.807) is 0 Å². The van der Waals surface area contributed by atoms with Crippen LogP contribution in [-0.4, -0.2) is 56.4 Å². The van der Waals surface area contributed by atoms with E-state index in [1.807, 2.05) is 41.8 Å². The first kappa shape index (κ1) is 16.2. The van der Waals surface area contributed by atoms with Gasteiger partial charge >= 0.3 is 6.09 Å². The molecule has 0 aliphatic carbocycles. The van der Waals surface area contributed by atoms with Gasteiger partial charge in [-0.1, -0.05) is 0 Å². The van der Waals surface area contributed by atoms with Crippen LogP contribution in [0.3, 0.4) is 0 Å². The second-order valence-electron chi connectivity index (χ2n) is 5.54. The Morgan fingerprint density at radius 1 is 1.35 bits per heavy atom. The fourth-order valence-electron chi connectivity index (χ4n) is 1.16. The van der Waals surface area contributed by atoms with Gasteiger partial charge in [-0.05, 0) is 41.8 Å². The van der Waals surface area contributed by atoms with E-state index in [-0.39, 0.29) is 12.1 Å². The summed E-state index contributed by atoms with van der Waals surface area (Å²) in [5.41, 5.74) is -0.439. The zero-order valence-corrected chi connectivity index (χ0v) is 12.0. The average molecular weight is 245 g/mol. The number of hydrogen-bond donors (Lipinski definition) is 2. The summed E-state index contributed by atoms with van der Waals surface area (Å²) in [6.45, 7) is 10.1. The van der Waals surface area contributed by atoms with Crippen LogP contribution >= 0.6 is 0 Å². The zero-order valence-electron chi connectivity index (χ0n) is 12.0. The molecule has 0 radical (unpaired) electrons. The maximum Gasteiger partial charge on any atom is 0.407 e. The van der Waals surface area contributed by atoms with Crippen molar-refractivity contribution >= 4 is 6.09 Å². The molecule has 0 saturated carbocycles. The van der Waals surface area contributed by atoms with E-state index in [4.69, 9.17) is 4.74 Å². The highest BCUT2D eigenvalue weighted by molar-refractivity contribution is 5.67. The molecule has 5 heteroatoms. The molecule has 5 nitrogen and oxygen atoms in total. The maximum atomic E-state index is 11.4. The summed E-state index contributed by atoms with van der Waals surface area (Å²) in [5, 5.41) is 6.06. The first-order valence-corrected chi connectivity index (χ1v) is 6.05.